The number of piperazine rings is 1. The normalized spacial score (nSPS) is 14.8. The van der Waals surface area contributed by atoms with Crippen molar-refractivity contribution in [2.75, 3.05) is 36.8 Å². The molecule has 0 unspecified atom stereocenters. The van der Waals surface area contributed by atoms with Crippen LogP contribution in [0.25, 0.3) is 0 Å². The maximum atomic E-state index is 12.5. The molecule has 6 heteroatoms. The molecule has 24 heavy (non-hydrogen) atoms. The molecule has 1 aliphatic heterocycles. The Morgan fingerprint density at radius 2 is 2.00 bits per heavy atom. The Hall–Kier alpha value is -1.53. The number of anilines is 1. The lowest BCUT2D eigenvalue weighted by Gasteiger charge is -2.35. The number of rotatable bonds is 4. The first-order chi connectivity index (χ1) is 11.6. The van der Waals surface area contributed by atoms with Gasteiger partial charge in [0.25, 0.3) is 0 Å². The maximum Gasteiger partial charge on any atom is 0.233 e. The lowest BCUT2D eigenvalue weighted by Crippen LogP contribution is -2.49. The van der Waals surface area contributed by atoms with Crippen molar-refractivity contribution in [3.05, 3.63) is 52.6 Å². The van der Waals surface area contributed by atoms with Crippen LogP contribution in [0.2, 0.25) is 0 Å². The SMILES string of the molecule is Cc1cc(Br)ccc1SCC(=O)N1CCN(c2ccccn2)CC1. The van der Waals surface area contributed by atoms with Crippen molar-refractivity contribution in [3.8, 4) is 0 Å². The summed E-state index contributed by atoms with van der Waals surface area (Å²) < 4.78 is 1.07. The highest BCUT2D eigenvalue weighted by Gasteiger charge is 2.21. The molecule has 1 aromatic heterocycles. The van der Waals surface area contributed by atoms with E-state index in [-0.39, 0.29) is 5.91 Å². The molecular weight excluding hydrogens is 386 g/mol. The van der Waals surface area contributed by atoms with Crippen molar-refractivity contribution in [3.63, 3.8) is 0 Å². The Balaban J connectivity index is 1.50. The minimum atomic E-state index is 0.211. The van der Waals surface area contributed by atoms with Gasteiger partial charge in [-0.05, 0) is 42.8 Å². The second kappa shape index (κ2) is 8.03. The van der Waals surface area contributed by atoms with Crippen LogP contribution < -0.4 is 4.90 Å². The number of amides is 1. The van der Waals surface area contributed by atoms with Crippen LogP contribution in [0.1, 0.15) is 5.56 Å². The molecule has 1 aliphatic rings. The molecule has 1 saturated heterocycles. The third-order valence-corrected chi connectivity index (χ3v) is 5.75. The maximum absolute atomic E-state index is 12.5. The summed E-state index contributed by atoms with van der Waals surface area (Å²) in [5.41, 5.74) is 1.20. The van der Waals surface area contributed by atoms with Crippen LogP contribution in [-0.2, 0) is 4.79 Å². The van der Waals surface area contributed by atoms with Crippen LogP contribution >= 0.6 is 27.7 Å². The van der Waals surface area contributed by atoms with Crippen LogP contribution in [0.4, 0.5) is 5.82 Å². The molecule has 0 spiro atoms. The molecule has 4 nitrogen and oxygen atoms in total. The summed E-state index contributed by atoms with van der Waals surface area (Å²) in [4.78, 5) is 22.2. The molecule has 1 fully saturated rings. The highest BCUT2D eigenvalue weighted by Crippen LogP contribution is 2.25. The smallest absolute Gasteiger partial charge is 0.233 e. The van der Waals surface area contributed by atoms with Crippen LogP contribution in [0.3, 0.4) is 0 Å². The van der Waals surface area contributed by atoms with E-state index < -0.39 is 0 Å². The van der Waals surface area contributed by atoms with Crippen molar-refractivity contribution in [2.45, 2.75) is 11.8 Å². The van der Waals surface area contributed by atoms with E-state index in [4.69, 9.17) is 0 Å². The highest BCUT2D eigenvalue weighted by atomic mass is 79.9. The third kappa shape index (κ3) is 4.30. The van der Waals surface area contributed by atoms with Gasteiger partial charge < -0.3 is 9.80 Å². The van der Waals surface area contributed by atoms with Crippen LogP contribution in [0.5, 0.6) is 0 Å². The van der Waals surface area contributed by atoms with Crippen LogP contribution in [0.15, 0.2) is 52.0 Å². The van der Waals surface area contributed by atoms with Gasteiger partial charge in [-0.3, -0.25) is 4.79 Å². The molecule has 126 valence electrons. The molecule has 2 aromatic rings. The summed E-state index contributed by atoms with van der Waals surface area (Å²) in [6, 6.07) is 12.1. The number of benzene rings is 1. The molecule has 0 atom stereocenters. The molecule has 0 N–H and O–H groups in total. The zero-order valence-electron chi connectivity index (χ0n) is 13.6. The van der Waals surface area contributed by atoms with E-state index in [2.05, 4.69) is 44.9 Å². The molecule has 0 saturated carbocycles. The standard InChI is InChI=1S/C18H20BrN3OS/c1-14-12-15(19)5-6-16(14)24-13-18(23)22-10-8-21(9-11-22)17-4-2-3-7-20-17/h2-7,12H,8-11,13H2,1H3. The monoisotopic (exact) mass is 405 g/mol. The summed E-state index contributed by atoms with van der Waals surface area (Å²) >= 11 is 5.09. The number of hydrogen-bond acceptors (Lipinski definition) is 4. The molecule has 1 aromatic carbocycles. The number of hydrogen-bond donors (Lipinski definition) is 0. The van der Waals surface area contributed by atoms with Gasteiger partial charge in [0.05, 0.1) is 5.75 Å². The van der Waals surface area contributed by atoms with Gasteiger partial charge in [-0.2, -0.15) is 0 Å². The number of nitrogens with zero attached hydrogens (tertiary/aromatic N) is 3. The number of halogens is 1. The predicted octanol–water partition coefficient (Wildman–Crippen LogP) is 3.59. The topological polar surface area (TPSA) is 36.4 Å². The van der Waals surface area contributed by atoms with Crippen molar-refractivity contribution < 1.29 is 4.79 Å². The first-order valence-electron chi connectivity index (χ1n) is 7.96. The number of carbonyl (C=O) groups excluding carboxylic acids is 1. The van der Waals surface area contributed by atoms with Crippen molar-refractivity contribution in [2.24, 2.45) is 0 Å². The molecule has 0 aliphatic carbocycles. The summed E-state index contributed by atoms with van der Waals surface area (Å²) in [6.07, 6.45) is 1.81. The molecular formula is C18H20BrN3OS. The number of pyridine rings is 1. The zero-order chi connectivity index (χ0) is 16.9. The van der Waals surface area contributed by atoms with E-state index in [0.717, 1.165) is 36.5 Å². The van der Waals surface area contributed by atoms with Gasteiger partial charge in [-0.15, -0.1) is 11.8 Å². The Labute approximate surface area is 155 Å². The summed E-state index contributed by atoms with van der Waals surface area (Å²) in [5.74, 6) is 1.69. The molecule has 3 rings (SSSR count). The summed E-state index contributed by atoms with van der Waals surface area (Å²) in [6.45, 7) is 5.27. The van der Waals surface area contributed by atoms with E-state index in [1.807, 2.05) is 35.4 Å². The Kier molecular flexibility index (Phi) is 5.79. The number of aryl methyl sites for hydroxylation is 1. The summed E-state index contributed by atoms with van der Waals surface area (Å²) in [7, 11) is 0. The first-order valence-corrected chi connectivity index (χ1v) is 9.74. The average molecular weight is 406 g/mol. The number of carbonyl (C=O) groups is 1. The van der Waals surface area contributed by atoms with Gasteiger partial charge in [0.15, 0.2) is 0 Å². The second-order valence-electron chi connectivity index (χ2n) is 5.75. The Bertz CT molecular complexity index is 703. The third-order valence-electron chi connectivity index (χ3n) is 4.09. The van der Waals surface area contributed by atoms with Crippen molar-refractivity contribution in [1.29, 1.82) is 0 Å². The number of aromatic nitrogens is 1. The fourth-order valence-electron chi connectivity index (χ4n) is 2.73. The quantitative estimate of drug-likeness (QED) is 0.728. The second-order valence-corrected chi connectivity index (χ2v) is 7.69. The first kappa shape index (κ1) is 17.3. The van der Waals surface area contributed by atoms with Crippen molar-refractivity contribution in [1.82, 2.24) is 9.88 Å². The lowest BCUT2D eigenvalue weighted by atomic mass is 10.2. The number of thioether (sulfide) groups is 1. The summed E-state index contributed by atoms with van der Waals surface area (Å²) in [5, 5.41) is 0. The van der Waals surface area contributed by atoms with E-state index >= 15 is 0 Å². The van der Waals surface area contributed by atoms with Gasteiger partial charge in [0.1, 0.15) is 5.82 Å². The largest absolute Gasteiger partial charge is 0.353 e. The van der Waals surface area contributed by atoms with Crippen LogP contribution in [-0.4, -0.2) is 47.7 Å². The minimum Gasteiger partial charge on any atom is -0.353 e. The van der Waals surface area contributed by atoms with E-state index in [1.165, 1.54) is 10.5 Å². The molecule has 0 radical (unpaired) electrons. The molecule has 0 bridgehead atoms. The highest BCUT2D eigenvalue weighted by molar-refractivity contribution is 9.10. The fraction of sp³-hybridized carbons (Fsp3) is 0.333. The van der Waals surface area contributed by atoms with E-state index in [9.17, 15) is 4.79 Å². The van der Waals surface area contributed by atoms with Gasteiger partial charge in [-0.25, -0.2) is 4.98 Å². The van der Waals surface area contributed by atoms with Crippen LogP contribution in [0, 0.1) is 6.92 Å². The van der Waals surface area contributed by atoms with Gasteiger partial charge in [0.2, 0.25) is 5.91 Å². The molecule has 2 heterocycles. The van der Waals surface area contributed by atoms with E-state index in [0.29, 0.717) is 5.75 Å². The minimum absolute atomic E-state index is 0.211. The predicted molar refractivity (Wildman–Crippen MR) is 103 cm³/mol. The van der Waals surface area contributed by atoms with Gasteiger partial charge in [-0.1, -0.05) is 22.0 Å². The Morgan fingerprint density at radius 1 is 1.21 bits per heavy atom. The molecule has 1 amide bonds. The lowest BCUT2D eigenvalue weighted by molar-refractivity contribution is -0.128. The fourth-order valence-corrected chi connectivity index (χ4v) is 4.12. The Morgan fingerprint density at radius 3 is 2.67 bits per heavy atom. The van der Waals surface area contributed by atoms with Gasteiger partial charge >= 0.3 is 0 Å². The van der Waals surface area contributed by atoms with E-state index in [1.54, 1.807) is 11.8 Å². The van der Waals surface area contributed by atoms with Crippen molar-refractivity contribution >= 4 is 39.4 Å². The average Bonchev–Trinajstić information content (AvgIpc) is 2.62. The van der Waals surface area contributed by atoms with Gasteiger partial charge in [0, 0.05) is 41.7 Å². The zero-order valence-corrected chi connectivity index (χ0v) is 16.0.